The quantitative estimate of drug-likeness (QED) is 0.477. The maximum Gasteiger partial charge on any atom is 0.341 e. The van der Waals surface area contributed by atoms with Gasteiger partial charge in [-0.2, -0.15) is 0 Å². The lowest BCUT2D eigenvalue weighted by atomic mass is 10.0. The molecule has 1 aromatic carbocycles. The molecular weight excluding hydrogens is 474 g/mol. The van der Waals surface area contributed by atoms with Gasteiger partial charge in [0.05, 0.1) is 29.5 Å². The molecule has 10 nitrogen and oxygen atoms in total. The first-order chi connectivity index (χ1) is 16.5. The number of hydrogen-bond acceptors (Lipinski definition) is 8. The largest absolute Gasteiger partial charge is 0.462 e. The van der Waals surface area contributed by atoms with Gasteiger partial charge in [0, 0.05) is 21.0 Å². The number of ether oxygens (including phenoxy) is 2. The molecule has 2 N–H and O–H groups in total. The van der Waals surface area contributed by atoms with E-state index in [1.54, 1.807) is 52.2 Å². The number of esters is 2. The topological polar surface area (TPSA) is 131 Å². The second-order valence-electron chi connectivity index (χ2n) is 7.76. The first kappa shape index (κ1) is 27.5. The van der Waals surface area contributed by atoms with Gasteiger partial charge in [-0.15, -0.1) is 11.3 Å². The second kappa shape index (κ2) is 12.7. The third kappa shape index (κ3) is 7.64. The van der Waals surface area contributed by atoms with Crippen molar-refractivity contribution in [2.24, 2.45) is 0 Å². The van der Waals surface area contributed by atoms with Crippen LogP contribution in [0.2, 0.25) is 0 Å². The molecule has 0 spiro atoms. The summed E-state index contributed by atoms with van der Waals surface area (Å²) in [6.45, 7) is 4.09. The van der Waals surface area contributed by atoms with E-state index < -0.39 is 30.5 Å². The van der Waals surface area contributed by atoms with Gasteiger partial charge in [0.15, 0.2) is 6.61 Å². The Kier molecular flexibility index (Phi) is 9.95. The summed E-state index contributed by atoms with van der Waals surface area (Å²) in [7, 11) is 3.15. The summed E-state index contributed by atoms with van der Waals surface area (Å²) in [5, 5.41) is 5.36. The molecule has 0 radical (unpaired) electrons. The average Bonchev–Trinajstić information content (AvgIpc) is 3.12. The van der Waals surface area contributed by atoms with Crippen molar-refractivity contribution < 1.29 is 33.4 Å². The molecule has 35 heavy (non-hydrogen) atoms. The number of benzene rings is 1. The third-order valence-electron chi connectivity index (χ3n) is 4.79. The van der Waals surface area contributed by atoms with Crippen LogP contribution in [0, 0.1) is 6.92 Å². The number of nitrogens with zero attached hydrogens (tertiary/aromatic N) is 1. The van der Waals surface area contributed by atoms with E-state index in [0.717, 1.165) is 16.9 Å². The van der Waals surface area contributed by atoms with E-state index in [1.165, 1.54) is 11.8 Å². The van der Waals surface area contributed by atoms with Crippen LogP contribution in [0.15, 0.2) is 30.3 Å². The molecule has 11 heteroatoms. The van der Waals surface area contributed by atoms with Gasteiger partial charge in [-0.05, 0) is 25.0 Å². The summed E-state index contributed by atoms with van der Waals surface area (Å²) in [5.74, 6) is -2.70. The lowest BCUT2D eigenvalue weighted by Gasteiger charge is -2.17. The monoisotopic (exact) mass is 503 g/mol. The minimum absolute atomic E-state index is 0.0801. The summed E-state index contributed by atoms with van der Waals surface area (Å²) < 4.78 is 10.2. The van der Waals surface area contributed by atoms with Gasteiger partial charge in [0.2, 0.25) is 5.91 Å². The molecule has 0 aliphatic carbocycles. The Morgan fingerprint density at radius 1 is 1.06 bits per heavy atom. The van der Waals surface area contributed by atoms with E-state index in [4.69, 9.17) is 9.47 Å². The third-order valence-corrected chi connectivity index (χ3v) is 5.99. The van der Waals surface area contributed by atoms with Crippen LogP contribution in [0.5, 0.6) is 0 Å². The predicted molar refractivity (Wildman–Crippen MR) is 130 cm³/mol. The van der Waals surface area contributed by atoms with E-state index >= 15 is 0 Å². The Bertz CT molecular complexity index is 1100. The molecule has 2 rings (SSSR count). The summed E-state index contributed by atoms with van der Waals surface area (Å²) in [5.41, 5.74) is 1.19. The Labute approximate surface area is 207 Å². The Morgan fingerprint density at radius 2 is 1.71 bits per heavy atom. The summed E-state index contributed by atoms with van der Waals surface area (Å²) in [6.07, 6.45) is -0.176. The predicted octanol–water partition coefficient (Wildman–Crippen LogP) is 2.68. The number of hydrogen-bond donors (Lipinski definition) is 2. The van der Waals surface area contributed by atoms with Crippen molar-refractivity contribution in [1.29, 1.82) is 0 Å². The molecular formula is C24H29N3O7S. The van der Waals surface area contributed by atoms with Crippen LogP contribution >= 0.6 is 11.3 Å². The van der Waals surface area contributed by atoms with Gasteiger partial charge >= 0.3 is 11.9 Å². The van der Waals surface area contributed by atoms with Gasteiger partial charge < -0.3 is 25.0 Å². The Morgan fingerprint density at radius 3 is 2.29 bits per heavy atom. The van der Waals surface area contributed by atoms with Crippen molar-refractivity contribution in [1.82, 2.24) is 10.2 Å². The van der Waals surface area contributed by atoms with E-state index in [9.17, 15) is 24.0 Å². The van der Waals surface area contributed by atoms with Crippen LogP contribution in [-0.2, 0) is 23.9 Å². The number of anilines is 1. The lowest BCUT2D eigenvalue weighted by Crippen LogP contribution is -2.29. The molecule has 0 saturated carbocycles. The van der Waals surface area contributed by atoms with Gasteiger partial charge in [-0.1, -0.05) is 30.3 Å². The van der Waals surface area contributed by atoms with Gasteiger partial charge in [0.25, 0.3) is 11.8 Å². The second-order valence-corrected chi connectivity index (χ2v) is 8.78. The molecule has 0 bridgehead atoms. The highest BCUT2D eigenvalue weighted by molar-refractivity contribution is 7.18. The number of nitrogens with one attached hydrogen (secondary N) is 2. The van der Waals surface area contributed by atoms with Crippen LogP contribution in [0.1, 0.15) is 57.5 Å². The van der Waals surface area contributed by atoms with Crippen molar-refractivity contribution in [3.63, 3.8) is 0 Å². The molecule has 0 saturated heterocycles. The lowest BCUT2D eigenvalue weighted by molar-refractivity contribution is -0.148. The van der Waals surface area contributed by atoms with Gasteiger partial charge in [0.1, 0.15) is 5.00 Å². The molecule has 0 aliphatic heterocycles. The molecule has 3 amide bonds. The zero-order chi connectivity index (χ0) is 26.1. The van der Waals surface area contributed by atoms with Crippen LogP contribution in [0.3, 0.4) is 0 Å². The Balaban J connectivity index is 2.10. The first-order valence-corrected chi connectivity index (χ1v) is 11.7. The molecule has 2 aromatic rings. The number of amides is 3. The smallest absolute Gasteiger partial charge is 0.341 e. The zero-order valence-electron chi connectivity index (χ0n) is 20.3. The summed E-state index contributed by atoms with van der Waals surface area (Å²) in [4.78, 5) is 63.0. The number of carbonyl (C=O) groups excluding carboxylic acids is 5. The standard InChI is InChI=1S/C24H29N3O7S/c1-6-33-24(32)20-14(2)21(23(31)27(4)5)35-22(20)26-18(29)13-34-19(30)12-17(25-15(3)28)16-10-8-7-9-11-16/h7-11,17H,6,12-13H2,1-5H3,(H,25,28)(H,26,29)/t17-/m0/s1. The van der Waals surface area contributed by atoms with E-state index in [0.29, 0.717) is 5.56 Å². The highest BCUT2D eigenvalue weighted by Gasteiger charge is 2.27. The first-order valence-electron chi connectivity index (χ1n) is 10.8. The summed E-state index contributed by atoms with van der Waals surface area (Å²) >= 11 is 0.942. The molecule has 188 valence electrons. The highest BCUT2D eigenvalue weighted by atomic mass is 32.1. The Hall–Kier alpha value is -3.73. The molecule has 0 unspecified atom stereocenters. The van der Waals surface area contributed by atoms with Crippen molar-refractivity contribution >= 4 is 46.0 Å². The fraction of sp³-hybridized carbons (Fsp3) is 0.375. The molecule has 1 atom stereocenters. The van der Waals surface area contributed by atoms with Crippen molar-refractivity contribution in [2.75, 3.05) is 32.6 Å². The fourth-order valence-electron chi connectivity index (χ4n) is 3.17. The van der Waals surface area contributed by atoms with Crippen molar-refractivity contribution in [2.45, 2.75) is 33.2 Å². The fourth-order valence-corrected chi connectivity index (χ4v) is 4.41. The molecule has 1 heterocycles. The van der Waals surface area contributed by atoms with Crippen molar-refractivity contribution in [3.8, 4) is 0 Å². The summed E-state index contributed by atoms with van der Waals surface area (Å²) in [6, 6.07) is 8.29. The maximum absolute atomic E-state index is 12.5. The van der Waals surface area contributed by atoms with Gasteiger partial charge in [-0.25, -0.2) is 4.79 Å². The molecule has 0 fully saturated rings. The van der Waals surface area contributed by atoms with E-state index in [2.05, 4.69) is 10.6 Å². The van der Waals surface area contributed by atoms with Crippen LogP contribution in [-0.4, -0.2) is 61.9 Å². The number of thiophene rings is 1. The normalized spacial score (nSPS) is 11.2. The SMILES string of the molecule is CCOC(=O)c1c(NC(=O)COC(=O)C[C@H](NC(C)=O)c2ccccc2)sc(C(=O)N(C)C)c1C. The highest BCUT2D eigenvalue weighted by Crippen LogP contribution is 2.34. The maximum atomic E-state index is 12.5. The number of carbonyl (C=O) groups is 5. The average molecular weight is 504 g/mol. The van der Waals surface area contributed by atoms with E-state index in [-0.39, 0.29) is 40.3 Å². The van der Waals surface area contributed by atoms with Crippen molar-refractivity contribution in [3.05, 3.63) is 51.9 Å². The molecule has 0 aliphatic rings. The zero-order valence-corrected chi connectivity index (χ0v) is 21.1. The van der Waals surface area contributed by atoms with Crippen LogP contribution < -0.4 is 10.6 Å². The van der Waals surface area contributed by atoms with Crippen LogP contribution in [0.4, 0.5) is 5.00 Å². The number of rotatable bonds is 10. The minimum atomic E-state index is -0.695. The molecule has 1 aromatic heterocycles. The minimum Gasteiger partial charge on any atom is -0.462 e. The van der Waals surface area contributed by atoms with Crippen LogP contribution in [0.25, 0.3) is 0 Å². The van der Waals surface area contributed by atoms with E-state index in [1.807, 2.05) is 6.07 Å². The van der Waals surface area contributed by atoms with Gasteiger partial charge in [-0.3, -0.25) is 19.2 Å².